The third-order valence-corrected chi connectivity index (χ3v) is 3.69. The van der Waals surface area contributed by atoms with E-state index < -0.39 is 29.1 Å². The van der Waals surface area contributed by atoms with Crippen LogP contribution in [0.4, 0.5) is 5.69 Å². The summed E-state index contributed by atoms with van der Waals surface area (Å²) in [6, 6.07) is 10.3. The van der Waals surface area contributed by atoms with Crippen LogP contribution in [0.5, 0.6) is 11.5 Å². The Kier molecular flexibility index (Phi) is 7.58. The predicted molar refractivity (Wildman–Crippen MR) is 99.9 cm³/mol. The van der Waals surface area contributed by atoms with E-state index in [4.69, 9.17) is 21.1 Å². The lowest BCUT2D eigenvalue weighted by Gasteiger charge is -2.09. The van der Waals surface area contributed by atoms with E-state index in [1.165, 1.54) is 19.2 Å². The molecule has 0 fully saturated rings. The van der Waals surface area contributed by atoms with E-state index in [9.17, 15) is 19.7 Å². The van der Waals surface area contributed by atoms with Gasteiger partial charge in [0.1, 0.15) is 12.4 Å². The first-order chi connectivity index (χ1) is 13.4. The van der Waals surface area contributed by atoms with E-state index in [0.29, 0.717) is 10.8 Å². The van der Waals surface area contributed by atoms with Gasteiger partial charge in [0.05, 0.1) is 24.1 Å². The van der Waals surface area contributed by atoms with E-state index in [-0.39, 0.29) is 24.5 Å². The lowest BCUT2D eigenvalue weighted by Crippen LogP contribution is -2.32. The van der Waals surface area contributed by atoms with Gasteiger partial charge < -0.3 is 19.5 Å². The molecule has 2 aromatic rings. The van der Waals surface area contributed by atoms with E-state index in [2.05, 4.69) is 10.1 Å². The molecule has 10 heteroatoms. The number of rotatable bonds is 9. The highest BCUT2D eigenvalue weighted by Gasteiger charge is 2.19. The van der Waals surface area contributed by atoms with Crippen LogP contribution in [0.2, 0.25) is 5.02 Å². The molecule has 1 N–H and O–H groups in total. The molecule has 1 amide bonds. The summed E-state index contributed by atoms with van der Waals surface area (Å²) in [5, 5.41) is 14.3. The van der Waals surface area contributed by atoms with E-state index in [1.807, 2.05) is 0 Å². The number of amides is 1. The van der Waals surface area contributed by atoms with Crippen molar-refractivity contribution in [1.82, 2.24) is 5.32 Å². The van der Waals surface area contributed by atoms with E-state index in [1.54, 1.807) is 24.3 Å². The Hall–Kier alpha value is -3.33. The van der Waals surface area contributed by atoms with Gasteiger partial charge in [0.25, 0.3) is 5.91 Å². The highest BCUT2D eigenvalue weighted by molar-refractivity contribution is 6.30. The quantitative estimate of drug-likeness (QED) is 0.293. The average Bonchev–Trinajstić information content (AvgIpc) is 2.70. The van der Waals surface area contributed by atoms with Gasteiger partial charge in [-0.05, 0) is 36.4 Å². The van der Waals surface area contributed by atoms with Gasteiger partial charge in [-0.15, -0.1) is 0 Å². The van der Waals surface area contributed by atoms with Crippen molar-refractivity contribution in [2.45, 2.75) is 0 Å². The number of esters is 1. The van der Waals surface area contributed by atoms with Gasteiger partial charge in [-0.1, -0.05) is 11.6 Å². The molecule has 0 saturated carbocycles. The third kappa shape index (κ3) is 6.13. The molecule has 9 nitrogen and oxygen atoms in total. The minimum Gasteiger partial charge on any atom is -0.492 e. The van der Waals surface area contributed by atoms with Crippen LogP contribution in [0.25, 0.3) is 0 Å². The lowest BCUT2D eigenvalue weighted by atomic mass is 10.2. The van der Waals surface area contributed by atoms with Crippen molar-refractivity contribution in [3.05, 3.63) is 63.2 Å². The first kappa shape index (κ1) is 21.0. The molecule has 0 spiro atoms. The summed E-state index contributed by atoms with van der Waals surface area (Å²) < 4.78 is 15.1. The number of ether oxygens (including phenoxy) is 3. The smallest absolute Gasteiger partial charge is 0.338 e. The summed E-state index contributed by atoms with van der Waals surface area (Å²) in [7, 11) is 1.17. The summed E-state index contributed by atoms with van der Waals surface area (Å²) >= 11 is 5.77. The number of carbonyl (C=O) groups is 2. The highest BCUT2D eigenvalue weighted by Crippen LogP contribution is 2.28. The summed E-state index contributed by atoms with van der Waals surface area (Å²) in [5.41, 5.74) is -0.438. The molecule has 0 aliphatic rings. The standard InChI is InChI=1S/C18H17ClN2O7/c1-26-18(23)12-2-7-16(15(10-12)21(24)25)28-11-17(22)20-8-9-27-14-5-3-13(19)4-6-14/h2-7,10H,8-9,11H2,1H3,(H,20,22). The predicted octanol–water partition coefficient (Wildman–Crippen LogP) is 2.61. The second-order valence-corrected chi connectivity index (χ2v) is 5.81. The summed E-state index contributed by atoms with van der Waals surface area (Å²) in [4.78, 5) is 33.7. The van der Waals surface area contributed by atoms with Gasteiger partial charge in [-0.2, -0.15) is 0 Å². The number of hydrogen-bond donors (Lipinski definition) is 1. The first-order valence-corrected chi connectivity index (χ1v) is 8.43. The second kappa shape index (κ2) is 10.1. The zero-order chi connectivity index (χ0) is 20.5. The number of nitro benzene ring substituents is 1. The number of nitrogens with zero attached hydrogens (tertiary/aromatic N) is 1. The Morgan fingerprint density at radius 2 is 1.86 bits per heavy atom. The Bertz CT molecular complexity index is 856. The number of hydrogen-bond acceptors (Lipinski definition) is 7. The largest absolute Gasteiger partial charge is 0.492 e. The maximum Gasteiger partial charge on any atom is 0.338 e. The van der Waals surface area contributed by atoms with E-state index in [0.717, 1.165) is 6.07 Å². The van der Waals surface area contributed by atoms with Crippen LogP contribution in [0.3, 0.4) is 0 Å². The van der Waals surface area contributed by atoms with Gasteiger partial charge in [-0.25, -0.2) is 4.79 Å². The topological polar surface area (TPSA) is 117 Å². The maximum atomic E-state index is 11.8. The van der Waals surface area contributed by atoms with Crippen molar-refractivity contribution < 1.29 is 28.7 Å². The van der Waals surface area contributed by atoms with Crippen molar-refractivity contribution in [3.8, 4) is 11.5 Å². The molecule has 2 aromatic carbocycles. The molecule has 0 aliphatic heterocycles. The fraction of sp³-hybridized carbons (Fsp3) is 0.222. The number of carbonyl (C=O) groups excluding carboxylic acids is 2. The third-order valence-electron chi connectivity index (χ3n) is 3.44. The Labute approximate surface area is 165 Å². The lowest BCUT2D eigenvalue weighted by molar-refractivity contribution is -0.385. The minimum atomic E-state index is -0.715. The van der Waals surface area contributed by atoms with Gasteiger partial charge in [0.2, 0.25) is 0 Å². The van der Waals surface area contributed by atoms with E-state index >= 15 is 0 Å². The number of halogens is 1. The van der Waals surface area contributed by atoms with Gasteiger partial charge in [0, 0.05) is 11.1 Å². The molecule has 0 radical (unpaired) electrons. The second-order valence-electron chi connectivity index (χ2n) is 5.37. The van der Waals surface area contributed by atoms with Crippen LogP contribution in [0.1, 0.15) is 10.4 Å². The number of nitrogens with one attached hydrogen (secondary N) is 1. The van der Waals surface area contributed by atoms with Crippen molar-refractivity contribution in [3.63, 3.8) is 0 Å². The summed E-state index contributed by atoms with van der Waals surface area (Å²) in [6.45, 7) is 0.00882. The molecule has 148 valence electrons. The fourth-order valence-electron chi connectivity index (χ4n) is 2.11. The van der Waals surface area contributed by atoms with Gasteiger partial charge >= 0.3 is 11.7 Å². The SMILES string of the molecule is COC(=O)c1ccc(OCC(=O)NCCOc2ccc(Cl)cc2)c([N+](=O)[O-])c1. The molecular weight excluding hydrogens is 392 g/mol. The highest BCUT2D eigenvalue weighted by atomic mass is 35.5. The molecule has 0 unspecified atom stereocenters. The number of benzene rings is 2. The summed E-state index contributed by atoms with van der Waals surface area (Å²) in [6.07, 6.45) is 0. The minimum absolute atomic E-state index is 0.00495. The van der Waals surface area contributed by atoms with Crippen LogP contribution in [0, 0.1) is 10.1 Å². The van der Waals surface area contributed by atoms with Crippen molar-refractivity contribution in [2.75, 3.05) is 26.9 Å². The molecule has 0 atom stereocenters. The van der Waals surface area contributed by atoms with Crippen molar-refractivity contribution >= 4 is 29.2 Å². The van der Waals surface area contributed by atoms with Crippen LogP contribution in [-0.2, 0) is 9.53 Å². The molecule has 0 saturated heterocycles. The first-order valence-electron chi connectivity index (χ1n) is 8.05. The molecule has 28 heavy (non-hydrogen) atoms. The molecule has 0 bridgehead atoms. The van der Waals surface area contributed by atoms with Gasteiger partial charge in [-0.3, -0.25) is 14.9 Å². The Morgan fingerprint density at radius 1 is 1.14 bits per heavy atom. The molecule has 0 aliphatic carbocycles. The summed E-state index contributed by atoms with van der Waals surface area (Å²) in [5.74, 6) is -0.722. The van der Waals surface area contributed by atoms with Crippen LogP contribution >= 0.6 is 11.6 Å². The Balaban J connectivity index is 1.82. The molecular formula is C18H17ClN2O7. The zero-order valence-electron chi connectivity index (χ0n) is 14.8. The monoisotopic (exact) mass is 408 g/mol. The normalized spacial score (nSPS) is 10.1. The van der Waals surface area contributed by atoms with Crippen molar-refractivity contribution in [1.29, 1.82) is 0 Å². The van der Waals surface area contributed by atoms with Crippen LogP contribution < -0.4 is 14.8 Å². The van der Waals surface area contributed by atoms with Gasteiger partial charge in [0.15, 0.2) is 12.4 Å². The number of methoxy groups -OCH3 is 1. The van der Waals surface area contributed by atoms with Crippen molar-refractivity contribution in [2.24, 2.45) is 0 Å². The Morgan fingerprint density at radius 3 is 2.50 bits per heavy atom. The zero-order valence-corrected chi connectivity index (χ0v) is 15.6. The molecule has 0 heterocycles. The molecule has 2 rings (SSSR count). The van der Waals surface area contributed by atoms with Crippen LogP contribution in [-0.4, -0.2) is 43.7 Å². The fourth-order valence-corrected chi connectivity index (χ4v) is 2.24. The molecule has 0 aromatic heterocycles. The number of nitro groups is 1. The average molecular weight is 409 g/mol. The van der Waals surface area contributed by atoms with Crippen LogP contribution in [0.15, 0.2) is 42.5 Å². The maximum absolute atomic E-state index is 11.8.